The van der Waals surface area contributed by atoms with E-state index in [-0.39, 0.29) is 27.4 Å². The van der Waals surface area contributed by atoms with Gasteiger partial charge in [0.2, 0.25) is 10.0 Å². The zero-order valence-electron chi connectivity index (χ0n) is 20.2. The molecule has 2 aromatic carbocycles. The third kappa shape index (κ3) is 4.16. The van der Waals surface area contributed by atoms with Gasteiger partial charge in [-0.05, 0) is 68.7 Å². The Bertz CT molecular complexity index is 1880. The van der Waals surface area contributed by atoms with Crippen LogP contribution >= 0.6 is 0 Å². The Kier molecular flexibility index (Phi) is 5.81. The highest BCUT2D eigenvalue weighted by Gasteiger charge is 2.33. The molecule has 10 nitrogen and oxygen atoms in total. The molecule has 1 fully saturated rings. The van der Waals surface area contributed by atoms with E-state index in [1.165, 1.54) is 24.5 Å². The lowest BCUT2D eigenvalue weighted by atomic mass is 10.1. The lowest BCUT2D eigenvalue weighted by molar-refractivity contribution is 0.546. The summed E-state index contributed by atoms with van der Waals surface area (Å²) in [5.74, 6) is -0.0141. The van der Waals surface area contributed by atoms with Crippen LogP contribution in [-0.2, 0) is 20.0 Å². The first kappa shape index (κ1) is 24.6. The number of hydrogen-bond acceptors (Lipinski definition) is 7. The van der Waals surface area contributed by atoms with Gasteiger partial charge in [0.1, 0.15) is 11.6 Å². The molecule has 1 saturated carbocycles. The van der Waals surface area contributed by atoms with Crippen molar-refractivity contribution >= 4 is 36.9 Å². The lowest BCUT2D eigenvalue weighted by Crippen LogP contribution is -2.33. The van der Waals surface area contributed by atoms with Gasteiger partial charge in [-0.25, -0.2) is 34.9 Å². The van der Waals surface area contributed by atoms with Crippen LogP contribution in [0.5, 0.6) is 0 Å². The quantitative estimate of drug-likeness (QED) is 0.341. The molecule has 13 heteroatoms. The second-order valence-electron chi connectivity index (χ2n) is 9.43. The summed E-state index contributed by atoms with van der Waals surface area (Å²) < 4.78 is 71.1. The van der Waals surface area contributed by atoms with E-state index >= 15 is 0 Å². The molecule has 0 radical (unpaired) electrons. The SMILES string of the molecule is Cc1ccc(S(=O)(=O)n2ccc3c2ncc2nnc([C@@H]4CC[C@H](NS(=O)(=O)c5ccc(F)cc5)C4)n23)cc1. The molecular weight excluding hydrogens is 531 g/mol. The van der Waals surface area contributed by atoms with Crippen molar-refractivity contribution in [3.05, 3.63) is 84.2 Å². The molecule has 5 aromatic rings. The average molecular weight is 555 g/mol. The van der Waals surface area contributed by atoms with Crippen molar-refractivity contribution in [2.45, 2.75) is 47.9 Å². The van der Waals surface area contributed by atoms with Crippen LogP contribution in [0.15, 0.2) is 76.8 Å². The van der Waals surface area contributed by atoms with E-state index in [0.717, 1.165) is 21.7 Å². The van der Waals surface area contributed by atoms with Gasteiger partial charge < -0.3 is 0 Å². The maximum atomic E-state index is 13.3. The molecule has 0 amide bonds. The van der Waals surface area contributed by atoms with Crippen LogP contribution in [0.2, 0.25) is 0 Å². The third-order valence-electron chi connectivity index (χ3n) is 6.88. The van der Waals surface area contributed by atoms with Crippen LogP contribution in [0.4, 0.5) is 4.39 Å². The number of benzene rings is 2. The monoisotopic (exact) mass is 554 g/mol. The van der Waals surface area contributed by atoms with Crippen molar-refractivity contribution in [2.24, 2.45) is 0 Å². The van der Waals surface area contributed by atoms with Crippen LogP contribution in [0.1, 0.15) is 36.6 Å². The zero-order valence-corrected chi connectivity index (χ0v) is 21.8. The number of hydrogen-bond donors (Lipinski definition) is 1. The molecular formula is C25H23FN6O4S2. The smallest absolute Gasteiger partial charge is 0.269 e. The number of nitrogens with zero attached hydrogens (tertiary/aromatic N) is 5. The van der Waals surface area contributed by atoms with Gasteiger partial charge in [-0.3, -0.25) is 4.40 Å². The predicted molar refractivity (Wildman–Crippen MR) is 137 cm³/mol. The van der Waals surface area contributed by atoms with Crippen LogP contribution < -0.4 is 4.72 Å². The maximum Gasteiger partial charge on any atom is 0.269 e. The molecule has 6 rings (SSSR count). The number of aromatic nitrogens is 5. The molecule has 3 heterocycles. The third-order valence-corrected chi connectivity index (χ3v) is 10.1. The number of halogens is 1. The van der Waals surface area contributed by atoms with Gasteiger partial charge in [0.15, 0.2) is 11.3 Å². The van der Waals surface area contributed by atoms with Crippen molar-refractivity contribution in [3.8, 4) is 0 Å². The Hall–Kier alpha value is -3.68. The average Bonchev–Trinajstić information content (AvgIpc) is 3.62. The fourth-order valence-corrected chi connectivity index (χ4v) is 7.54. The van der Waals surface area contributed by atoms with Crippen molar-refractivity contribution < 1.29 is 21.2 Å². The Morgan fingerprint density at radius 2 is 1.63 bits per heavy atom. The summed E-state index contributed by atoms with van der Waals surface area (Å²) in [5, 5.41) is 8.59. The molecule has 0 spiro atoms. The maximum absolute atomic E-state index is 13.3. The summed E-state index contributed by atoms with van der Waals surface area (Å²) in [6, 6.07) is 12.6. The highest BCUT2D eigenvalue weighted by Crippen LogP contribution is 2.35. The summed E-state index contributed by atoms with van der Waals surface area (Å²) in [4.78, 5) is 4.51. The summed E-state index contributed by atoms with van der Waals surface area (Å²) in [5.41, 5.74) is 2.19. The largest absolute Gasteiger partial charge is 0.274 e. The Labute approximate surface area is 218 Å². The minimum absolute atomic E-state index is 0.000754. The minimum Gasteiger partial charge on any atom is -0.274 e. The summed E-state index contributed by atoms with van der Waals surface area (Å²) >= 11 is 0. The topological polar surface area (TPSA) is 128 Å². The van der Waals surface area contributed by atoms with E-state index in [1.54, 1.807) is 34.7 Å². The van der Waals surface area contributed by atoms with Gasteiger partial charge in [0, 0.05) is 18.2 Å². The first-order valence-corrected chi connectivity index (χ1v) is 14.9. The molecule has 196 valence electrons. The molecule has 1 aliphatic carbocycles. The van der Waals surface area contributed by atoms with Gasteiger partial charge in [0.05, 0.1) is 21.5 Å². The first-order valence-electron chi connectivity index (χ1n) is 11.9. The van der Waals surface area contributed by atoms with Crippen LogP contribution in [-0.4, -0.2) is 46.4 Å². The van der Waals surface area contributed by atoms with Crippen molar-refractivity contribution in [3.63, 3.8) is 0 Å². The molecule has 0 saturated heterocycles. The summed E-state index contributed by atoms with van der Waals surface area (Å²) in [6.07, 6.45) is 4.65. The van der Waals surface area contributed by atoms with Gasteiger partial charge in [0.25, 0.3) is 10.0 Å². The molecule has 1 aliphatic rings. The Morgan fingerprint density at radius 3 is 2.37 bits per heavy atom. The van der Waals surface area contributed by atoms with Crippen LogP contribution in [0.3, 0.4) is 0 Å². The Balaban J connectivity index is 1.32. The van der Waals surface area contributed by atoms with Gasteiger partial charge >= 0.3 is 0 Å². The van der Waals surface area contributed by atoms with E-state index in [2.05, 4.69) is 19.9 Å². The zero-order chi connectivity index (χ0) is 26.7. The second kappa shape index (κ2) is 8.96. The molecule has 0 unspecified atom stereocenters. The van der Waals surface area contributed by atoms with E-state index in [4.69, 9.17) is 0 Å². The summed E-state index contributed by atoms with van der Waals surface area (Å²) in [6.45, 7) is 1.88. The number of fused-ring (bicyclic) bond motifs is 3. The van der Waals surface area contributed by atoms with E-state index in [0.29, 0.717) is 36.3 Å². The first-order chi connectivity index (χ1) is 18.1. The minimum atomic E-state index is -3.88. The highest BCUT2D eigenvalue weighted by molar-refractivity contribution is 7.90. The normalized spacial score (nSPS) is 18.5. The number of rotatable bonds is 6. The fourth-order valence-electron chi connectivity index (χ4n) is 4.96. The molecule has 0 bridgehead atoms. The Morgan fingerprint density at radius 1 is 0.921 bits per heavy atom. The molecule has 0 aliphatic heterocycles. The fraction of sp³-hybridized carbons (Fsp3) is 0.240. The molecule has 38 heavy (non-hydrogen) atoms. The van der Waals surface area contributed by atoms with Gasteiger partial charge in [-0.15, -0.1) is 10.2 Å². The summed E-state index contributed by atoms with van der Waals surface area (Å²) in [7, 11) is -7.69. The number of aryl methyl sites for hydroxylation is 1. The van der Waals surface area contributed by atoms with E-state index in [1.807, 2.05) is 6.92 Å². The van der Waals surface area contributed by atoms with E-state index in [9.17, 15) is 21.2 Å². The molecule has 2 atom stereocenters. The van der Waals surface area contributed by atoms with Gasteiger partial charge in [-0.2, -0.15) is 0 Å². The lowest BCUT2D eigenvalue weighted by Gasteiger charge is -2.14. The van der Waals surface area contributed by atoms with Crippen molar-refractivity contribution in [2.75, 3.05) is 0 Å². The van der Waals surface area contributed by atoms with Gasteiger partial charge in [-0.1, -0.05) is 17.7 Å². The molecule has 1 N–H and O–H groups in total. The highest BCUT2D eigenvalue weighted by atomic mass is 32.2. The molecule has 3 aromatic heterocycles. The van der Waals surface area contributed by atoms with Crippen LogP contribution in [0, 0.1) is 12.7 Å². The second-order valence-corrected chi connectivity index (χ2v) is 13.0. The van der Waals surface area contributed by atoms with Crippen molar-refractivity contribution in [1.82, 2.24) is 28.3 Å². The number of nitrogens with one attached hydrogen (secondary N) is 1. The van der Waals surface area contributed by atoms with E-state index < -0.39 is 25.9 Å². The predicted octanol–water partition coefficient (Wildman–Crippen LogP) is 3.38. The number of sulfonamides is 1. The van der Waals surface area contributed by atoms with Crippen molar-refractivity contribution in [1.29, 1.82) is 0 Å². The van der Waals surface area contributed by atoms with Crippen LogP contribution in [0.25, 0.3) is 16.8 Å². The standard InChI is InChI=1S/C25H23FN6O4S2/c1-16-2-8-21(9-3-16)38(35,36)31-13-12-22-25(31)27-15-23-28-29-24(32(22)23)17-4-7-19(14-17)30-37(33,34)20-10-5-18(26)6-11-20/h2-3,5-6,8-13,15,17,19,30H,4,7,14H2,1H3/t17-,19+/m1/s1.